The summed E-state index contributed by atoms with van der Waals surface area (Å²) in [5.41, 5.74) is 0.0706. The van der Waals surface area contributed by atoms with Crippen LogP contribution in [0, 0.1) is 0 Å². The molecule has 1 rings (SSSR count). The van der Waals surface area contributed by atoms with E-state index in [4.69, 9.17) is 5.11 Å². The standard InChI is InChI=1S/C5H4O4/c6-5(7)4-1-2-8-9-3-4/h1-3H,(H,6,7). The van der Waals surface area contributed by atoms with Crippen molar-refractivity contribution in [2.45, 2.75) is 0 Å². The Morgan fingerprint density at radius 3 is 2.67 bits per heavy atom. The molecule has 0 aromatic carbocycles. The lowest BCUT2D eigenvalue weighted by Gasteiger charge is -2.01. The molecule has 0 radical (unpaired) electrons. The second-order valence-electron chi connectivity index (χ2n) is 1.37. The molecule has 0 saturated heterocycles. The average Bonchev–Trinajstić information content (AvgIpc) is 1.90. The van der Waals surface area contributed by atoms with Crippen LogP contribution < -0.4 is 0 Å². The van der Waals surface area contributed by atoms with Crippen molar-refractivity contribution in [1.82, 2.24) is 0 Å². The highest BCUT2D eigenvalue weighted by atomic mass is 17.2. The average molecular weight is 128 g/mol. The summed E-state index contributed by atoms with van der Waals surface area (Å²) in [4.78, 5) is 18.5. The topological polar surface area (TPSA) is 55.8 Å². The van der Waals surface area contributed by atoms with Gasteiger partial charge in [-0.15, -0.1) is 0 Å². The summed E-state index contributed by atoms with van der Waals surface area (Å²) in [5.74, 6) is -1.03. The molecule has 0 aromatic rings. The normalized spacial score (nSPS) is 15.3. The summed E-state index contributed by atoms with van der Waals surface area (Å²) < 4.78 is 0. The number of hydrogen-bond acceptors (Lipinski definition) is 3. The van der Waals surface area contributed by atoms with Gasteiger partial charge < -0.3 is 5.11 Å². The molecule has 0 aliphatic carbocycles. The van der Waals surface area contributed by atoms with Crippen molar-refractivity contribution in [3.05, 3.63) is 24.2 Å². The molecule has 1 heterocycles. The number of carbonyl (C=O) groups is 1. The lowest BCUT2D eigenvalue weighted by atomic mass is 10.3. The van der Waals surface area contributed by atoms with Gasteiger partial charge in [-0.3, -0.25) is 9.78 Å². The summed E-state index contributed by atoms with van der Waals surface area (Å²) in [7, 11) is 0. The Morgan fingerprint density at radius 2 is 2.33 bits per heavy atom. The van der Waals surface area contributed by atoms with Crippen LogP contribution in [-0.4, -0.2) is 11.1 Å². The Balaban J connectivity index is 2.69. The van der Waals surface area contributed by atoms with Gasteiger partial charge >= 0.3 is 5.97 Å². The Kier molecular flexibility index (Phi) is 1.40. The van der Waals surface area contributed by atoms with E-state index in [-0.39, 0.29) is 5.57 Å². The van der Waals surface area contributed by atoms with E-state index in [1.807, 2.05) is 0 Å². The fourth-order valence-electron chi connectivity index (χ4n) is 0.374. The number of aliphatic carboxylic acids is 1. The van der Waals surface area contributed by atoms with Crippen LogP contribution >= 0.6 is 0 Å². The number of rotatable bonds is 1. The lowest BCUT2D eigenvalue weighted by Crippen LogP contribution is -2.01. The maximum absolute atomic E-state index is 10.1. The fourth-order valence-corrected chi connectivity index (χ4v) is 0.374. The van der Waals surface area contributed by atoms with E-state index >= 15 is 0 Å². The molecule has 0 amide bonds. The Labute approximate surface area is 50.9 Å². The van der Waals surface area contributed by atoms with Crippen LogP contribution in [0.2, 0.25) is 0 Å². The molecule has 1 N–H and O–H groups in total. The molecule has 0 fully saturated rings. The minimum absolute atomic E-state index is 0.0706. The number of carboxylic acids is 1. The van der Waals surface area contributed by atoms with Crippen LogP contribution in [0.1, 0.15) is 0 Å². The Bertz CT molecular complexity index is 179. The molecule has 0 unspecified atom stereocenters. The zero-order chi connectivity index (χ0) is 6.69. The molecular formula is C5H4O4. The second-order valence-corrected chi connectivity index (χ2v) is 1.37. The van der Waals surface area contributed by atoms with Crippen molar-refractivity contribution in [3.63, 3.8) is 0 Å². The zero-order valence-corrected chi connectivity index (χ0v) is 4.40. The van der Waals surface area contributed by atoms with E-state index < -0.39 is 5.97 Å². The second kappa shape index (κ2) is 2.21. The first kappa shape index (κ1) is 5.68. The van der Waals surface area contributed by atoms with E-state index in [0.29, 0.717) is 0 Å². The molecule has 48 valence electrons. The van der Waals surface area contributed by atoms with Gasteiger partial charge in [-0.05, 0) is 6.08 Å². The molecule has 0 spiro atoms. The fraction of sp³-hybridized carbons (Fsp3) is 0. The first-order chi connectivity index (χ1) is 4.30. The number of carboxylic acid groups (broad SMARTS) is 1. The third-order valence-electron chi connectivity index (χ3n) is 0.781. The van der Waals surface area contributed by atoms with Crippen LogP contribution in [-0.2, 0) is 14.6 Å². The highest BCUT2D eigenvalue weighted by molar-refractivity contribution is 5.89. The van der Waals surface area contributed by atoms with Crippen LogP contribution in [0.5, 0.6) is 0 Å². The smallest absolute Gasteiger partial charge is 0.339 e. The maximum Gasteiger partial charge on any atom is 0.339 e. The van der Waals surface area contributed by atoms with E-state index in [9.17, 15) is 4.79 Å². The summed E-state index contributed by atoms with van der Waals surface area (Å²) in [5, 5.41) is 8.28. The largest absolute Gasteiger partial charge is 0.478 e. The van der Waals surface area contributed by atoms with Gasteiger partial charge in [0, 0.05) is 0 Å². The summed E-state index contributed by atoms with van der Waals surface area (Å²) in [6.45, 7) is 0. The summed E-state index contributed by atoms with van der Waals surface area (Å²) >= 11 is 0. The van der Waals surface area contributed by atoms with Gasteiger partial charge in [0.25, 0.3) is 0 Å². The minimum atomic E-state index is -1.03. The maximum atomic E-state index is 10.1. The van der Waals surface area contributed by atoms with Gasteiger partial charge in [0.15, 0.2) is 6.26 Å². The zero-order valence-electron chi connectivity index (χ0n) is 4.40. The van der Waals surface area contributed by atoms with Crippen molar-refractivity contribution in [3.8, 4) is 0 Å². The molecule has 1 aliphatic heterocycles. The number of hydrogen-bond donors (Lipinski definition) is 1. The molecule has 9 heavy (non-hydrogen) atoms. The van der Waals surface area contributed by atoms with E-state index in [1.54, 1.807) is 0 Å². The molecule has 0 atom stereocenters. The quantitative estimate of drug-likeness (QED) is 0.520. The van der Waals surface area contributed by atoms with E-state index in [0.717, 1.165) is 12.5 Å². The van der Waals surface area contributed by atoms with Gasteiger partial charge in [0.05, 0.1) is 0 Å². The monoisotopic (exact) mass is 128 g/mol. The van der Waals surface area contributed by atoms with Gasteiger partial charge in [0.1, 0.15) is 11.8 Å². The Morgan fingerprint density at radius 1 is 1.56 bits per heavy atom. The molecule has 4 heteroatoms. The first-order valence-electron chi connectivity index (χ1n) is 2.23. The van der Waals surface area contributed by atoms with Crippen LogP contribution in [0.15, 0.2) is 24.2 Å². The molecule has 1 aliphatic rings. The SMILES string of the molecule is O=C(O)C1=COOC=C1. The Hall–Kier alpha value is -1.45. The predicted octanol–water partition coefficient (Wildman–Crippen LogP) is 0.430. The van der Waals surface area contributed by atoms with E-state index in [2.05, 4.69) is 9.78 Å². The van der Waals surface area contributed by atoms with Gasteiger partial charge in [0.2, 0.25) is 0 Å². The van der Waals surface area contributed by atoms with Crippen molar-refractivity contribution in [2.75, 3.05) is 0 Å². The van der Waals surface area contributed by atoms with Crippen LogP contribution in [0.4, 0.5) is 0 Å². The van der Waals surface area contributed by atoms with Crippen molar-refractivity contribution < 1.29 is 19.7 Å². The summed E-state index contributed by atoms with van der Waals surface area (Å²) in [6, 6.07) is 0. The minimum Gasteiger partial charge on any atom is -0.478 e. The molecular weight excluding hydrogens is 124 g/mol. The lowest BCUT2D eigenvalue weighted by molar-refractivity contribution is -0.200. The highest BCUT2D eigenvalue weighted by Gasteiger charge is 2.06. The van der Waals surface area contributed by atoms with E-state index in [1.165, 1.54) is 6.08 Å². The highest BCUT2D eigenvalue weighted by Crippen LogP contribution is 2.03. The van der Waals surface area contributed by atoms with Crippen molar-refractivity contribution in [1.29, 1.82) is 0 Å². The van der Waals surface area contributed by atoms with Gasteiger partial charge in [-0.25, -0.2) is 4.79 Å². The van der Waals surface area contributed by atoms with Crippen LogP contribution in [0.25, 0.3) is 0 Å². The van der Waals surface area contributed by atoms with Gasteiger partial charge in [-0.2, -0.15) is 0 Å². The third-order valence-corrected chi connectivity index (χ3v) is 0.781. The first-order valence-corrected chi connectivity index (χ1v) is 2.23. The molecule has 4 nitrogen and oxygen atoms in total. The van der Waals surface area contributed by atoms with Crippen LogP contribution in [0.3, 0.4) is 0 Å². The van der Waals surface area contributed by atoms with Gasteiger partial charge in [-0.1, -0.05) is 0 Å². The molecule has 0 aromatic heterocycles. The molecule has 0 bridgehead atoms. The molecule has 0 saturated carbocycles. The summed E-state index contributed by atoms with van der Waals surface area (Å²) in [6.07, 6.45) is 3.47. The predicted molar refractivity (Wildman–Crippen MR) is 27.0 cm³/mol. The van der Waals surface area contributed by atoms with Crippen molar-refractivity contribution in [2.24, 2.45) is 0 Å². The third kappa shape index (κ3) is 1.22. The van der Waals surface area contributed by atoms with Crippen molar-refractivity contribution >= 4 is 5.97 Å².